The van der Waals surface area contributed by atoms with Crippen LogP contribution in [0.25, 0.3) is 28.0 Å². The number of hydrogen-bond acceptors (Lipinski definition) is 2. The average molecular weight is 482 g/mol. The first-order valence-electron chi connectivity index (χ1n) is 13.6. The van der Waals surface area contributed by atoms with Gasteiger partial charge in [0.2, 0.25) is 0 Å². The molecule has 3 heterocycles. The SMILES string of the molecule is CCOc1ccc(-c2c3c4n(c(-c5ccccc5)cn4c2C(=O)NC2CCCCC2)CCCC3)cc1. The zero-order chi connectivity index (χ0) is 24.5. The molecule has 2 aliphatic rings. The number of hydrogen-bond donors (Lipinski definition) is 1. The van der Waals surface area contributed by atoms with E-state index in [1.54, 1.807) is 0 Å². The van der Waals surface area contributed by atoms with Gasteiger partial charge in [-0.3, -0.25) is 9.20 Å². The van der Waals surface area contributed by atoms with Crippen LogP contribution in [0.2, 0.25) is 0 Å². The van der Waals surface area contributed by atoms with Gasteiger partial charge in [-0.2, -0.15) is 0 Å². The number of nitrogens with zero attached hydrogens (tertiary/aromatic N) is 2. The second kappa shape index (κ2) is 9.88. The summed E-state index contributed by atoms with van der Waals surface area (Å²) in [5.41, 5.74) is 7.76. The van der Waals surface area contributed by atoms with Gasteiger partial charge in [0.25, 0.3) is 5.91 Å². The van der Waals surface area contributed by atoms with E-state index in [0.29, 0.717) is 6.61 Å². The van der Waals surface area contributed by atoms with Crippen LogP contribution >= 0.6 is 0 Å². The summed E-state index contributed by atoms with van der Waals surface area (Å²) in [6.07, 6.45) is 11.2. The van der Waals surface area contributed by atoms with Gasteiger partial charge >= 0.3 is 0 Å². The first-order valence-corrected chi connectivity index (χ1v) is 13.6. The first kappa shape index (κ1) is 23.0. The van der Waals surface area contributed by atoms with Crippen LogP contribution in [0.4, 0.5) is 0 Å². The summed E-state index contributed by atoms with van der Waals surface area (Å²) >= 11 is 0. The molecule has 2 aromatic heterocycles. The molecule has 1 saturated carbocycles. The third-order valence-corrected chi connectivity index (χ3v) is 7.81. The van der Waals surface area contributed by atoms with E-state index in [0.717, 1.165) is 61.2 Å². The Morgan fingerprint density at radius 2 is 1.72 bits per heavy atom. The second-order valence-electron chi connectivity index (χ2n) is 10.2. The molecule has 36 heavy (non-hydrogen) atoms. The highest BCUT2D eigenvalue weighted by atomic mass is 16.5. The highest BCUT2D eigenvalue weighted by molar-refractivity contribution is 6.03. The molecule has 5 heteroatoms. The molecule has 5 nitrogen and oxygen atoms in total. The average Bonchev–Trinajstić information content (AvgIpc) is 3.33. The minimum atomic E-state index is 0.0457. The Morgan fingerprint density at radius 3 is 2.47 bits per heavy atom. The lowest BCUT2D eigenvalue weighted by molar-refractivity contribution is 0.0922. The van der Waals surface area contributed by atoms with Gasteiger partial charge in [0.05, 0.1) is 12.3 Å². The van der Waals surface area contributed by atoms with E-state index in [1.807, 2.05) is 19.1 Å². The maximum Gasteiger partial charge on any atom is 0.269 e. The standard InChI is InChI=1S/C31H35N3O2/c1-2-36-25-18-16-23(17-19-25)28-26-15-9-10-20-33-27(22-11-5-3-6-12-22)21-34(31(26)33)29(28)30(35)32-24-13-7-4-8-14-24/h3,5-6,11-12,16-19,21,24H,2,4,7-10,13-15,20H2,1H3,(H,32,35). The van der Waals surface area contributed by atoms with Gasteiger partial charge in [-0.05, 0) is 62.3 Å². The van der Waals surface area contributed by atoms with Crippen molar-refractivity contribution in [3.05, 3.63) is 72.1 Å². The summed E-state index contributed by atoms with van der Waals surface area (Å²) in [4.78, 5) is 14.0. The van der Waals surface area contributed by atoms with E-state index in [9.17, 15) is 4.79 Å². The Morgan fingerprint density at radius 1 is 0.944 bits per heavy atom. The molecule has 0 bridgehead atoms. The van der Waals surface area contributed by atoms with Crippen LogP contribution in [0, 0.1) is 0 Å². The third kappa shape index (κ3) is 4.11. The van der Waals surface area contributed by atoms with E-state index in [4.69, 9.17) is 4.74 Å². The van der Waals surface area contributed by atoms with Crippen molar-refractivity contribution in [2.45, 2.75) is 70.9 Å². The fourth-order valence-electron chi connectivity index (χ4n) is 6.14. The molecule has 0 saturated heterocycles. The third-order valence-electron chi connectivity index (χ3n) is 7.81. The number of rotatable bonds is 6. The quantitative estimate of drug-likeness (QED) is 0.327. The van der Waals surface area contributed by atoms with Crippen LogP contribution in [0.1, 0.15) is 67.9 Å². The lowest BCUT2D eigenvalue weighted by atomic mass is 9.94. The Kier molecular flexibility index (Phi) is 6.30. The number of amides is 1. The largest absolute Gasteiger partial charge is 0.494 e. The molecule has 1 aliphatic carbocycles. The van der Waals surface area contributed by atoms with Gasteiger partial charge in [0.1, 0.15) is 17.1 Å². The van der Waals surface area contributed by atoms with Crippen LogP contribution in [-0.4, -0.2) is 27.5 Å². The van der Waals surface area contributed by atoms with E-state index in [1.165, 1.54) is 41.7 Å². The van der Waals surface area contributed by atoms with Crippen molar-refractivity contribution in [2.24, 2.45) is 0 Å². The summed E-state index contributed by atoms with van der Waals surface area (Å²) in [5, 5.41) is 3.42. The molecule has 6 rings (SSSR count). The van der Waals surface area contributed by atoms with Gasteiger partial charge in [-0.1, -0.05) is 61.7 Å². The van der Waals surface area contributed by atoms with Gasteiger partial charge < -0.3 is 14.6 Å². The molecular weight excluding hydrogens is 446 g/mol. The number of nitrogens with one attached hydrogen (secondary N) is 1. The molecule has 0 spiro atoms. The molecular formula is C31H35N3O2. The predicted molar refractivity (Wildman–Crippen MR) is 145 cm³/mol. The van der Waals surface area contributed by atoms with Gasteiger partial charge in [-0.15, -0.1) is 0 Å². The number of ether oxygens (including phenoxy) is 1. The molecule has 1 aliphatic heterocycles. The Bertz CT molecular complexity index is 1360. The van der Waals surface area contributed by atoms with E-state index >= 15 is 0 Å². The number of benzene rings is 2. The van der Waals surface area contributed by atoms with E-state index < -0.39 is 0 Å². The summed E-state index contributed by atoms with van der Waals surface area (Å²) in [6, 6.07) is 19.1. The first-order chi connectivity index (χ1) is 17.7. The van der Waals surface area contributed by atoms with E-state index in [2.05, 4.69) is 62.9 Å². The molecule has 2 aromatic carbocycles. The predicted octanol–water partition coefficient (Wildman–Crippen LogP) is 6.87. The molecule has 4 aromatic rings. The van der Waals surface area contributed by atoms with Crippen molar-refractivity contribution >= 4 is 11.6 Å². The highest BCUT2D eigenvalue weighted by Gasteiger charge is 2.30. The molecule has 1 amide bonds. The van der Waals surface area contributed by atoms with Gasteiger partial charge in [-0.25, -0.2) is 0 Å². The van der Waals surface area contributed by atoms with Crippen molar-refractivity contribution in [1.29, 1.82) is 0 Å². The van der Waals surface area contributed by atoms with Crippen LogP contribution in [0.3, 0.4) is 0 Å². The summed E-state index contributed by atoms with van der Waals surface area (Å²) in [7, 11) is 0. The van der Waals surface area contributed by atoms with Crippen LogP contribution in [0.15, 0.2) is 60.8 Å². The maximum absolute atomic E-state index is 14.0. The minimum Gasteiger partial charge on any atom is -0.494 e. The Balaban J connectivity index is 1.54. The van der Waals surface area contributed by atoms with Crippen molar-refractivity contribution in [3.8, 4) is 28.1 Å². The summed E-state index contributed by atoms with van der Waals surface area (Å²) in [5.74, 6) is 0.907. The monoisotopic (exact) mass is 481 g/mol. The van der Waals surface area contributed by atoms with Gasteiger partial charge in [0.15, 0.2) is 0 Å². The van der Waals surface area contributed by atoms with Crippen molar-refractivity contribution in [3.63, 3.8) is 0 Å². The number of aryl methyl sites for hydroxylation is 2. The van der Waals surface area contributed by atoms with Crippen molar-refractivity contribution < 1.29 is 9.53 Å². The molecule has 0 unspecified atom stereocenters. The number of aromatic nitrogens is 2. The molecule has 0 atom stereocenters. The Labute approximate surface area is 213 Å². The topological polar surface area (TPSA) is 47.7 Å². The van der Waals surface area contributed by atoms with Crippen molar-refractivity contribution in [2.75, 3.05) is 6.61 Å². The summed E-state index contributed by atoms with van der Waals surface area (Å²) in [6.45, 7) is 3.60. The lowest BCUT2D eigenvalue weighted by Crippen LogP contribution is -2.37. The number of carbonyl (C=O) groups is 1. The molecule has 1 N–H and O–H groups in total. The fraction of sp³-hybridized carbons (Fsp3) is 0.387. The fourth-order valence-corrected chi connectivity index (χ4v) is 6.14. The second-order valence-corrected chi connectivity index (χ2v) is 10.2. The number of carbonyl (C=O) groups excluding carboxylic acids is 1. The zero-order valence-electron chi connectivity index (χ0n) is 21.1. The number of imidazole rings is 1. The molecule has 0 radical (unpaired) electrons. The summed E-state index contributed by atoms with van der Waals surface area (Å²) < 4.78 is 10.3. The van der Waals surface area contributed by atoms with Crippen LogP contribution < -0.4 is 10.1 Å². The smallest absolute Gasteiger partial charge is 0.269 e. The highest BCUT2D eigenvalue weighted by Crippen LogP contribution is 2.40. The zero-order valence-corrected chi connectivity index (χ0v) is 21.1. The molecule has 186 valence electrons. The van der Waals surface area contributed by atoms with Crippen LogP contribution in [0.5, 0.6) is 5.75 Å². The lowest BCUT2D eigenvalue weighted by Gasteiger charge is -2.23. The maximum atomic E-state index is 14.0. The molecule has 1 fully saturated rings. The Hall–Kier alpha value is -3.47. The minimum absolute atomic E-state index is 0.0457. The normalized spacial score (nSPS) is 16.1. The van der Waals surface area contributed by atoms with Gasteiger partial charge in [0, 0.05) is 29.9 Å². The van der Waals surface area contributed by atoms with E-state index in [-0.39, 0.29) is 11.9 Å². The van der Waals surface area contributed by atoms with Crippen LogP contribution in [-0.2, 0) is 13.0 Å². The van der Waals surface area contributed by atoms with Crippen molar-refractivity contribution in [1.82, 2.24) is 14.3 Å².